The Balaban J connectivity index is 1.76. The molecule has 3 rings (SSSR count). The Labute approximate surface area is 153 Å². The fourth-order valence-electron chi connectivity index (χ4n) is 3.37. The highest BCUT2D eigenvalue weighted by Gasteiger charge is 2.17. The molecule has 0 heterocycles. The molecule has 0 aliphatic heterocycles. The summed E-state index contributed by atoms with van der Waals surface area (Å²) >= 11 is 0. The van der Waals surface area contributed by atoms with Crippen molar-refractivity contribution in [2.45, 2.75) is 45.1 Å². The van der Waals surface area contributed by atoms with Crippen molar-refractivity contribution in [3.05, 3.63) is 53.6 Å². The van der Waals surface area contributed by atoms with Crippen LogP contribution in [0.2, 0.25) is 0 Å². The second kappa shape index (κ2) is 8.04. The van der Waals surface area contributed by atoms with E-state index in [2.05, 4.69) is 5.32 Å². The topological polar surface area (TPSA) is 81.4 Å². The first-order chi connectivity index (χ1) is 12.5. The fraction of sp³-hybridized carbons (Fsp3) is 0.333. The van der Waals surface area contributed by atoms with Crippen LogP contribution in [-0.2, 0) is 0 Å². The van der Waals surface area contributed by atoms with Gasteiger partial charge in [-0.25, -0.2) is 4.79 Å². The molecular weight excluding hydrogens is 328 g/mol. The Kier molecular flexibility index (Phi) is 5.56. The normalized spacial score (nSPS) is 14.7. The van der Waals surface area contributed by atoms with Crippen molar-refractivity contribution in [3.8, 4) is 16.9 Å². The van der Waals surface area contributed by atoms with Crippen LogP contribution in [0, 0.1) is 6.92 Å². The van der Waals surface area contributed by atoms with Crippen molar-refractivity contribution >= 4 is 12.0 Å². The zero-order valence-electron chi connectivity index (χ0n) is 15.0. The monoisotopic (exact) mass is 352 g/mol. The van der Waals surface area contributed by atoms with Crippen molar-refractivity contribution in [3.63, 3.8) is 0 Å². The van der Waals surface area contributed by atoms with Gasteiger partial charge < -0.3 is 15.8 Å². The number of hydrogen-bond donors (Lipinski definition) is 2. The second-order valence-corrected chi connectivity index (χ2v) is 6.79. The molecule has 2 aromatic carbocycles. The first kappa shape index (κ1) is 18.0. The molecule has 0 atom stereocenters. The molecule has 1 aliphatic carbocycles. The minimum Gasteiger partial charge on any atom is -0.410 e. The summed E-state index contributed by atoms with van der Waals surface area (Å²) in [7, 11) is 0. The Morgan fingerprint density at radius 1 is 1.08 bits per heavy atom. The van der Waals surface area contributed by atoms with E-state index >= 15 is 0 Å². The second-order valence-electron chi connectivity index (χ2n) is 6.79. The van der Waals surface area contributed by atoms with Gasteiger partial charge in [0, 0.05) is 11.6 Å². The summed E-state index contributed by atoms with van der Waals surface area (Å²) < 4.78 is 5.47. The summed E-state index contributed by atoms with van der Waals surface area (Å²) in [5.74, 6) is 0.00662. The number of primary amides is 1. The largest absolute Gasteiger partial charge is 0.412 e. The minimum atomic E-state index is -0.469. The van der Waals surface area contributed by atoms with Crippen LogP contribution >= 0.6 is 0 Å². The van der Waals surface area contributed by atoms with E-state index in [1.165, 1.54) is 6.42 Å². The van der Waals surface area contributed by atoms with Gasteiger partial charge in [-0.3, -0.25) is 4.79 Å². The highest BCUT2D eigenvalue weighted by Crippen LogP contribution is 2.28. The molecule has 1 aliphatic rings. The van der Waals surface area contributed by atoms with E-state index in [1.807, 2.05) is 25.1 Å². The maximum Gasteiger partial charge on any atom is 0.412 e. The van der Waals surface area contributed by atoms with Crippen molar-refractivity contribution in [1.29, 1.82) is 0 Å². The van der Waals surface area contributed by atoms with Gasteiger partial charge >= 0.3 is 6.09 Å². The molecule has 2 aromatic rings. The number of ether oxygens (including phenoxy) is 1. The fourth-order valence-corrected chi connectivity index (χ4v) is 3.37. The van der Waals surface area contributed by atoms with E-state index in [-0.39, 0.29) is 6.04 Å². The summed E-state index contributed by atoms with van der Waals surface area (Å²) in [6.45, 7) is 1.97. The van der Waals surface area contributed by atoms with E-state index in [1.54, 1.807) is 24.3 Å². The van der Waals surface area contributed by atoms with Gasteiger partial charge in [-0.05, 0) is 60.7 Å². The van der Waals surface area contributed by atoms with Gasteiger partial charge in [0.05, 0.1) is 0 Å². The first-order valence-corrected chi connectivity index (χ1v) is 9.02. The molecular formula is C21H24N2O3. The molecule has 5 heteroatoms. The number of nitrogens with two attached hydrogens (primary N) is 1. The zero-order chi connectivity index (χ0) is 18.5. The van der Waals surface area contributed by atoms with E-state index in [9.17, 15) is 9.59 Å². The summed E-state index contributed by atoms with van der Waals surface area (Å²) in [4.78, 5) is 23.6. The van der Waals surface area contributed by atoms with Gasteiger partial charge in [-0.15, -0.1) is 0 Å². The first-order valence-electron chi connectivity index (χ1n) is 9.02. The lowest BCUT2D eigenvalue weighted by Gasteiger charge is -2.22. The Morgan fingerprint density at radius 2 is 1.85 bits per heavy atom. The number of benzene rings is 2. The predicted molar refractivity (Wildman–Crippen MR) is 101 cm³/mol. The molecule has 0 spiro atoms. The maximum absolute atomic E-state index is 12.2. The van der Waals surface area contributed by atoms with Crippen LogP contribution in [0.1, 0.15) is 48.0 Å². The van der Waals surface area contributed by atoms with E-state index < -0.39 is 12.0 Å². The average Bonchev–Trinajstić information content (AvgIpc) is 2.64. The lowest BCUT2D eigenvalue weighted by molar-refractivity contribution is 0.1000. The molecule has 5 nitrogen and oxygen atoms in total. The number of amides is 2. The predicted octanol–water partition coefficient (Wildman–Crippen LogP) is 4.18. The van der Waals surface area contributed by atoms with Gasteiger partial charge in [0.25, 0.3) is 0 Å². The highest BCUT2D eigenvalue weighted by molar-refractivity contribution is 5.94. The minimum absolute atomic E-state index is 0.202. The molecule has 26 heavy (non-hydrogen) atoms. The van der Waals surface area contributed by atoms with Crippen LogP contribution in [0.25, 0.3) is 11.1 Å². The van der Waals surface area contributed by atoms with Gasteiger partial charge in [-0.2, -0.15) is 0 Å². The molecule has 136 valence electrons. The van der Waals surface area contributed by atoms with E-state index in [0.29, 0.717) is 11.3 Å². The van der Waals surface area contributed by atoms with Crippen molar-refractivity contribution < 1.29 is 14.3 Å². The average molecular weight is 352 g/mol. The van der Waals surface area contributed by atoms with Crippen LogP contribution in [0.3, 0.4) is 0 Å². The Morgan fingerprint density at radius 3 is 2.58 bits per heavy atom. The smallest absolute Gasteiger partial charge is 0.410 e. The Bertz CT molecular complexity index is 811. The molecule has 0 saturated heterocycles. The molecule has 0 aromatic heterocycles. The zero-order valence-corrected chi connectivity index (χ0v) is 15.0. The number of aryl methyl sites for hydroxylation is 1. The molecule has 3 N–H and O–H groups in total. The number of carbonyl (C=O) groups is 2. The van der Waals surface area contributed by atoms with Crippen molar-refractivity contribution in [2.75, 3.05) is 0 Å². The summed E-state index contributed by atoms with van der Waals surface area (Å²) in [6, 6.07) is 12.8. The van der Waals surface area contributed by atoms with E-state index in [0.717, 1.165) is 42.4 Å². The summed E-state index contributed by atoms with van der Waals surface area (Å²) in [6.07, 6.45) is 5.13. The Hall–Kier alpha value is -2.82. The lowest BCUT2D eigenvalue weighted by Crippen LogP contribution is -2.38. The standard InChI is InChI=1S/C21H24N2O3/c1-14-10-11-18(26-21(25)23-17-8-3-2-4-9-17)13-19(14)15-6-5-7-16(12-15)20(22)24/h5-7,10-13,17H,2-4,8-9H2,1H3,(H2,22,24)(H,23,25). The summed E-state index contributed by atoms with van der Waals surface area (Å²) in [5, 5.41) is 2.94. The molecule has 1 saturated carbocycles. The van der Waals surface area contributed by atoms with Gasteiger partial charge in [0.15, 0.2) is 0 Å². The van der Waals surface area contributed by atoms with Gasteiger partial charge in [0.2, 0.25) is 5.91 Å². The highest BCUT2D eigenvalue weighted by atomic mass is 16.6. The van der Waals surface area contributed by atoms with Gasteiger partial charge in [0.1, 0.15) is 5.75 Å². The maximum atomic E-state index is 12.2. The number of rotatable bonds is 4. The molecule has 0 radical (unpaired) electrons. The molecule has 2 amide bonds. The number of nitrogens with one attached hydrogen (secondary N) is 1. The number of hydrogen-bond acceptors (Lipinski definition) is 3. The van der Waals surface area contributed by atoms with Crippen LogP contribution in [0.4, 0.5) is 4.79 Å². The third-order valence-electron chi connectivity index (χ3n) is 4.80. The van der Waals surface area contributed by atoms with Crippen LogP contribution in [0.15, 0.2) is 42.5 Å². The SMILES string of the molecule is Cc1ccc(OC(=O)NC2CCCCC2)cc1-c1cccc(C(N)=O)c1. The third-order valence-corrected chi connectivity index (χ3v) is 4.80. The van der Waals surface area contributed by atoms with Crippen LogP contribution in [-0.4, -0.2) is 18.0 Å². The third kappa shape index (κ3) is 4.42. The van der Waals surface area contributed by atoms with Crippen LogP contribution in [0.5, 0.6) is 5.75 Å². The lowest BCUT2D eigenvalue weighted by atomic mass is 9.96. The quantitative estimate of drug-likeness (QED) is 0.866. The molecule has 0 unspecified atom stereocenters. The molecule has 0 bridgehead atoms. The van der Waals surface area contributed by atoms with Crippen molar-refractivity contribution in [1.82, 2.24) is 5.32 Å². The van der Waals surface area contributed by atoms with Gasteiger partial charge in [-0.1, -0.05) is 37.5 Å². The van der Waals surface area contributed by atoms with Crippen molar-refractivity contribution in [2.24, 2.45) is 5.73 Å². The van der Waals surface area contributed by atoms with Crippen LogP contribution < -0.4 is 15.8 Å². The summed E-state index contributed by atoms with van der Waals surface area (Å²) in [5.41, 5.74) is 8.59. The molecule has 1 fully saturated rings. The van der Waals surface area contributed by atoms with E-state index in [4.69, 9.17) is 10.5 Å². The number of carbonyl (C=O) groups excluding carboxylic acids is 2.